The quantitative estimate of drug-likeness (QED) is 0.808. The molecule has 0 aromatic heterocycles. The van der Waals surface area contributed by atoms with Crippen LogP contribution < -0.4 is 5.32 Å². The van der Waals surface area contributed by atoms with Crippen LogP contribution >= 0.6 is 0 Å². The minimum absolute atomic E-state index is 0.535. The first kappa shape index (κ1) is 13.5. The second-order valence-electron chi connectivity index (χ2n) is 5.01. The summed E-state index contributed by atoms with van der Waals surface area (Å²) in [6.45, 7) is 4.02. The van der Waals surface area contributed by atoms with Gasteiger partial charge in [-0.05, 0) is 37.6 Å². The summed E-state index contributed by atoms with van der Waals surface area (Å²) < 4.78 is 5.13. The third-order valence-corrected chi connectivity index (χ3v) is 3.72. The van der Waals surface area contributed by atoms with Crippen molar-refractivity contribution in [2.75, 3.05) is 33.9 Å². The van der Waals surface area contributed by atoms with Gasteiger partial charge in [0.05, 0.1) is 0 Å². The lowest BCUT2D eigenvalue weighted by Crippen LogP contribution is -2.27. The van der Waals surface area contributed by atoms with Crippen LogP contribution in [-0.2, 0) is 11.3 Å². The first-order chi connectivity index (χ1) is 8.83. The Hall–Kier alpha value is -0.900. The zero-order valence-corrected chi connectivity index (χ0v) is 11.5. The molecule has 0 fully saturated rings. The Bertz CT molecular complexity index is 367. The normalized spacial score (nSPS) is 19.6. The van der Waals surface area contributed by atoms with Crippen molar-refractivity contribution in [1.29, 1.82) is 0 Å². The summed E-state index contributed by atoms with van der Waals surface area (Å²) in [4.78, 5) is 2.46. The highest BCUT2D eigenvalue weighted by atomic mass is 16.5. The Labute approximate surface area is 110 Å². The lowest BCUT2D eigenvalue weighted by molar-refractivity contribution is 0.163. The highest BCUT2D eigenvalue weighted by Crippen LogP contribution is 2.28. The molecule has 1 N–H and O–H groups in total. The number of rotatable bonds is 5. The average molecular weight is 248 g/mol. The fourth-order valence-electron chi connectivity index (χ4n) is 2.71. The third-order valence-electron chi connectivity index (χ3n) is 3.72. The average Bonchev–Trinajstić information content (AvgIpc) is 2.61. The Balaban J connectivity index is 2.07. The highest BCUT2D eigenvalue weighted by Gasteiger charge is 2.21. The second-order valence-corrected chi connectivity index (χ2v) is 5.01. The molecule has 0 saturated heterocycles. The molecule has 0 radical (unpaired) electrons. The molecule has 2 rings (SSSR count). The summed E-state index contributed by atoms with van der Waals surface area (Å²) in [5.41, 5.74) is 2.93. The minimum Gasteiger partial charge on any atom is -0.385 e. The summed E-state index contributed by atoms with van der Waals surface area (Å²) in [6.07, 6.45) is 2.28. The Morgan fingerprint density at radius 1 is 1.39 bits per heavy atom. The maximum atomic E-state index is 5.13. The van der Waals surface area contributed by atoms with Gasteiger partial charge in [0.1, 0.15) is 0 Å². The van der Waals surface area contributed by atoms with Crippen LogP contribution in [-0.4, -0.2) is 38.8 Å². The van der Waals surface area contributed by atoms with Crippen molar-refractivity contribution in [2.24, 2.45) is 0 Å². The smallest absolute Gasteiger partial charge is 0.0474 e. The number of nitrogens with zero attached hydrogens (tertiary/aromatic N) is 1. The number of nitrogens with one attached hydrogen (secondary N) is 1. The molecule has 1 aromatic carbocycles. The molecule has 1 heterocycles. The lowest BCUT2D eigenvalue weighted by Gasteiger charge is -2.28. The topological polar surface area (TPSA) is 24.5 Å². The molecule has 1 unspecified atom stereocenters. The van der Waals surface area contributed by atoms with E-state index in [9.17, 15) is 0 Å². The van der Waals surface area contributed by atoms with Crippen molar-refractivity contribution < 1.29 is 4.74 Å². The van der Waals surface area contributed by atoms with E-state index in [1.54, 1.807) is 7.11 Å². The molecule has 1 aliphatic rings. The molecule has 100 valence electrons. The molecule has 0 amide bonds. The number of ether oxygens (including phenoxy) is 1. The molecule has 0 aliphatic carbocycles. The maximum Gasteiger partial charge on any atom is 0.0474 e. The molecular weight excluding hydrogens is 224 g/mol. The van der Waals surface area contributed by atoms with E-state index >= 15 is 0 Å². The SMILES string of the molecule is COCCCN(C)C1CCNCc2ccccc21. The monoisotopic (exact) mass is 248 g/mol. The maximum absolute atomic E-state index is 5.13. The Kier molecular flexibility index (Phi) is 5.17. The number of benzene rings is 1. The van der Waals surface area contributed by atoms with E-state index in [2.05, 4.69) is 41.5 Å². The van der Waals surface area contributed by atoms with Crippen molar-refractivity contribution >= 4 is 0 Å². The molecule has 18 heavy (non-hydrogen) atoms. The van der Waals surface area contributed by atoms with E-state index in [0.29, 0.717) is 6.04 Å². The van der Waals surface area contributed by atoms with Gasteiger partial charge < -0.3 is 10.1 Å². The number of hydrogen-bond acceptors (Lipinski definition) is 3. The number of methoxy groups -OCH3 is 1. The van der Waals surface area contributed by atoms with E-state index < -0.39 is 0 Å². The van der Waals surface area contributed by atoms with Gasteiger partial charge in [0.15, 0.2) is 0 Å². The summed E-state index contributed by atoms with van der Waals surface area (Å²) >= 11 is 0. The molecule has 3 nitrogen and oxygen atoms in total. The van der Waals surface area contributed by atoms with Crippen molar-refractivity contribution in [3.05, 3.63) is 35.4 Å². The van der Waals surface area contributed by atoms with E-state index in [1.807, 2.05) is 0 Å². The van der Waals surface area contributed by atoms with Crippen molar-refractivity contribution in [1.82, 2.24) is 10.2 Å². The van der Waals surface area contributed by atoms with Crippen LogP contribution in [0.3, 0.4) is 0 Å². The van der Waals surface area contributed by atoms with Gasteiger partial charge in [-0.2, -0.15) is 0 Å². The van der Waals surface area contributed by atoms with Crippen LogP contribution in [0.1, 0.15) is 30.0 Å². The van der Waals surface area contributed by atoms with Gasteiger partial charge in [0.2, 0.25) is 0 Å². The van der Waals surface area contributed by atoms with Crippen LogP contribution in [0.2, 0.25) is 0 Å². The van der Waals surface area contributed by atoms with Gasteiger partial charge in [0, 0.05) is 32.8 Å². The predicted molar refractivity (Wildman–Crippen MR) is 74.6 cm³/mol. The lowest BCUT2D eigenvalue weighted by atomic mass is 9.98. The van der Waals surface area contributed by atoms with Crippen LogP contribution in [0.5, 0.6) is 0 Å². The summed E-state index contributed by atoms with van der Waals surface area (Å²) in [6, 6.07) is 9.34. The molecule has 1 atom stereocenters. The van der Waals surface area contributed by atoms with Gasteiger partial charge in [-0.1, -0.05) is 24.3 Å². The first-order valence-corrected chi connectivity index (χ1v) is 6.80. The van der Waals surface area contributed by atoms with Crippen LogP contribution in [0, 0.1) is 0 Å². The first-order valence-electron chi connectivity index (χ1n) is 6.80. The molecule has 1 aliphatic heterocycles. The van der Waals surface area contributed by atoms with E-state index in [1.165, 1.54) is 17.5 Å². The Morgan fingerprint density at radius 2 is 2.22 bits per heavy atom. The zero-order chi connectivity index (χ0) is 12.8. The van der Waals surface area contributed by atoms with Crippen molar-refractivity contribution in [2.45, 2.75) is 25.4 Å². The third kappa shape index (κ3) is 3.31. The van der Waals surface area contributed by atoms with Gasteiger partial charge in [-0.3, -0.25) is 4.90 Å². The van der Waals surface area contributed by atoms with E-state index in [-0.39, 0.29) is 0 Å². The van der Waals surface area contributed by atoms with Crippen LogP contribution in [0.15, 0.2) is 24.3 Å². The van der Waals surface area contributed by atoms with Crippen LogP contribution in [0.4, 0.5) is 0 Å². The summed E-state index contributed by atoms with van der Waals surface area (Å²) in [7, 11) is 3.99. The molecule has 1 aromatic rings. The standard InChI is InChI=1S/C15H24N2O/c1-17(10-5-11-18-2)15-8-9-16-12-13-6-3-4-7-14(13)15/h3-4,6-7,15-16H,5,8-12H2,1-2H3. The largest absolute Gasteiger partial charge is 0.385 e. The fourth-order valence-corrected chi connectivity index (χ4v) is 2.71. The summed E-state index contributed by atoms with van der Waals surface area (Å²) in [5.74, 6) is 0. The minimum atomic E-state index is 0.535. The van der Waals surface area contributed by atoms with Crippen molar-refractivity contribution in [3.63, 3.8) is 0 Å². The number of fused-ring (bicyclic) bond motifs is 1. The van der Waals surface area contributed by atoms with Crippen LogP contribution in [0.25, 0.3) is 0 Å². The molecule has 3 heteroatoms. The molecule has 0 bridgehead atoms. The highest BCUT2D eigenvalue weighted by molar-refractivity contribution is 5.31. The van der Waals surface area contributed by atoms with E-state index in [0.717, 1.165) is 32.7 Å². The number of hydrogen-bond donors (Lipinski definition) is 1. The molecule has 0 spiro atoms. The molecule has 0 saturated carbocycles. The fraction of sp³-hybridized carbons (Fsp3) is 0.600. The Morgan fingerprint density at radius 3 is 3.06 bits per heavy atom. The van der Waals surface area contributed by atoms with Gasteiger partial charge >= 0.3 is 0 Å². The summed E-state index contributed by atoms with van der Waals surface area (Å²) in [5, 5.41) is 3.50. The zero-order valence-electron chi connectivity index (χ0n) is 11.5. The van der Waals surface area contributed by atoms with Gasteiger partial charge in [0.25, 0.3) is 0 Å². The van der Waals surface area contributed by atoms with Gasteiger partial charge in [-0.15, -0.1) is 0 Å². The molecular formula is C15H24N2O. The van der Waals surface area contributed by atoms with Crippen molar-refractivity contribution in [3.8, 4) is 0 Å². The van der Waals surface area contributed by atoms with E-state index in [4.69, 9.17) is 4.74 Å². The second kappa shape index (κ2) is 6.88. The predicted octanol–water partition coefficient (Wildman–Crippen LogP) is 2.19. The van der Waals surface area contributed by atoms with Gasteiger partial charge in [-0.25, -0.2) is 0 Å².